The molecule has 0 aliphatic rings. The minimum absolute atomic E-state index is 0.00555. The summed E-state index contributed by atoms with van der Waals surface area (Å²) in [6, 6.07) is 6.48. The van der Waals surface area contributed by atoms with Crippen LogP contribution >= 0.6 is 0 Å². The molecule has 1 aromatic carbocycles. The zero-order valence-electron chi connectivity index (χ0n) is 21.6. The fourth-order valence-electron chi connectivity index (χ4n) is 4.30. The van der Waals surface area contributed by atoms with Crippen molar-refractivity contribution in [2.45, 2.75) is 97.9 Å². The fourth-order valence-corrected chi connectivity index (χ4v) is 4.78. The lowest BCUT2D eigenvalue weighted by Gasteiger charge is -2.40. The first-order chi connectivity index (χ1) is 14.4. The van der Waals surface area contributed by atoms with Gasteiger partial charge in [0.1, 0.15) is 0 Å². The van der Waals surface area contributed by atoms with Gasteiger partial charge in [0.05, 0.1) is 4.90 Å². The molecular weight excluding hydrogens is 418 g/mol. The Morgan fingerprint density at radius 2 is 1.44 bits per heavy atom. The van der Waals surface area contributed by atoms with E-state index in [1.807, 2.05) is 0 Å². The van der Waals surface area contributed by atoms with Crippen molar-refractivity contribution >= 4 is 10.1 Å². The standard InChI is InChI=1S/C27H45NO3S/c1-19(2)16-20(3)10-11-21(4)17-22(5)27(9,28)25(18-26(6,7)8)23-12-14-24(15-13-23)32(29,30)31/h12-17,20-21,25H,10-11,18,28H2,1-9H3,(H,29,30,31)/b22-17+. The largest absolute Gasteiger partial charge is 0.321 e. The Balaban J connectivity index is 3.19. The van der Waals surface area contributed by atoms with Crippen LogP contribution < -0.4 is 5.73 Å². The van der Waals surface area contributed by atoms with Crippen LogP contribution in [-0.4, -0.2) is 18.5 Å². The van der Waals surface area contributed by atoms with Crippen molar-refractivity contribution in [3.8, 4) is 0 Å². The molecule has 0 bridgehead atoms. The van der Waals surface area contributed by atoms with Gasteiger partial charge in [0, 0.05) is 11.5 Å². The predicted octanol–water partition coefficient (Wildman–Crippen LogP) is 7.14. The Morgan fingerprint density at radius 3 is 1.84 bits per heavy atom. The molecule has 182 valence electrons. The molecule has 4 atom stereocenters. The number of hydrogen-bond donors (Lipinski definition) is 2. The Kier molecular flexibility index (Phi) is 9.95. The summed E-state index contributed by atoms with van der Waals surface area (Å²) in [5, 5.41) is 0. The van der Waals surface area contributed by atoms with Gasteiger partial charge in [-0.25, -0.2) is 0 Å². The molecule has 0 aliphatic carbocycles. The van der Waals surface area contributed by atoms with Gasteiger partial charge >= 0.3 is 0 Å². The lowest BCUT2D eigenvalue weighted by atomic mass is 9.69. The quantitative estimate of drug-likeness (QED) is 0.285. The van der Waals surface area contributed by atoms with Crippen LogP contribution in [0.4, 0.5) is 0 Å². The Hall–Kier alpha value is -1.43. The highest BCUT2D eigenvalue weighted by atomic mass is 32.2. The van der Waals surface area contributed by atoms with Crippen LogP contribution in [-0.2, 0) is 10.1 Å². The molecule has 32 heavy (non-hydrogen) atoms. The van der Waals surface area contributed by atoms with Gasteiger partial charge < -0.3 is 5.73 Å². The van der Waals surface area contributed by atoms with E-state index >= 15 is 0 Å². The number of allylic oxidation sites excluding steroid dienone is 3. The lowest BCUT2D eigenvalue weighted by Crippen LogP contribution is -2.45. The van der Waals surface area contributed by atoms with Gasteiger partial charge in [-0.1, -0.05) is 70.0 Å². The molecule has 0 radical (unpaired) electrons. The van der Waals surface area contributed by atoms with Gasteiger partial charge in [0.15, 0.2) is 0 Å². The molecule has 3 N–H and O–H groups in total. The van der Waals surface area contributed by atoms with Crippen molar-refractivity contribution in [1.29, 1.82) is 0 Å². The van der Waals surface area contributed by atoms with E-state index in [9.17, 15) is 13.0 Å². The van der Waals surface area contributed by atoms with Gasteiger partial charge in [-0.15, -0.1) is 0 Å². The molecular formula is C27H45NO3S. The second-order valence-corrected chi connectivity index (χ2v) is 12.7. The van der Waals surface area contributed by atoms with Crippen LogP contribution in [0.1, 0.15) is 93.1 Å². The van der Waals surface area contributed by atoms with Crippen LogP contribution in [0.5, 0.6) is 0 Å². The summed E-state index contributed by atoms with van der Waals surface area (Å²) >= 11 is 0. The van der Waals surface area contributed by atoms with Crippen LogP contribution in [0, 0.1) is 17.3 Å². The van der Waals surface area contributed by atoms with E-state index in [1.165, 1.54) is 17.7 Å². The van der Waals surface area contributed by atoms with Crippen molar-refractivity contribution in [2.75, 3.05) is 0 Å². The zero-order chi connectivity index (χ0) is 24.9. The highest BCUT2D eigenvalue weighted by Gasteiger charge is 2.36. The molecule has 0 heterocycles. The first-order valence-corrected chi connectivity index (χ1v) is 13.1. The van der Waals surface area contributed by atoms with E-state index in [0.717, 1.165) is 30.4 Å². The number of hydrogen-bond acceptors (Lipinski definition) is 3. The average Bonchev–Trinajstić information content (AvgIpc) is 2.62. The van der Waals surface area contributed by atoms with E-state index in [4.69, 9.17) is 5.73 Å². The fraction of sp³-hybridized carbons (Fsp3) is 0.630. The van der Waals surface area contributed by atoms with Crippen molar-refractivity contribution in [3.63, 3.8) is 0 Å². The van der Waals surface area contributed by atoms with Crippen LogP contribution in [0.2, 0.25) is 0 Å². The van der Waals surface area contributed by atoms with Gasteiger partial charge in [-0.05, 0) is 81.9 Å². The van der Waals surface area contributed by atoms with Gasteiger partial charge in [0.2, 0.25) is 0 Å². The lowest BCUT2D eigenvalue weighted by molar-refractivity contribution is 0.283. The first kappa shape index (κ1) is 28.6. The van der Waals surface area contributed by atoms with Crippen LogP contribution in [0.15, 0.2) is 52.5 Å². The summed E-state index contributed by atoms with van der Waals surface area (Å²) in [5.41, 5.74) is 9.93. The monoisotopic (exact) mass is 463 g/mol. The van der Waals surface area contributed by atoms with Crippen LogP contribution in [0.25, 0.3) is 0 Å². The second-order valence-electron chi connectivity index (χ2n) is 11.3. The normalized spacial score (nSPS) is 17.9. The Labute approximate surface area is 197 Å². The topological polar surface area (TPSA) is 80.4 Å². The highest BCUT2D eigenvalue weighted by molar-refractivity contribution is 7.85. The predicted molar refractivity (Wildman–Crippen MR) is 136 cm³/mol. The van der Waals surface area contributed by atoms with Gasteiger partial charge in [-0.2, -0.15) is 8.42 Å². The zero-order valence-corrected chi connectivity index (χ0v) is 22.4. The smallest absolute Gasteiger partial charge is 0.294 e. The summed E-state index contributed by atoms with van der Waals surface area (Å²) in [5.74, 6) is 0.990. The van der Waals surface area contributed by atoms with Gasteiger partial charge in [-0.3, -0.25) is 4.55 Å². The number of nitrogens with two attached hydrogens (primary N) is 1. The maximum Gasteiger partial charge on any atom is 0.294 e. The van der Waals surface area contributed by atoms with Crippen LogP contribution in [0.3, 0.4) is 0 Å². The average molecular weight is 464 g/mol. The minimum atomic E-state index is -4.22. The van der Waals surface area contributed by atoms with E-state index in [0.29, 0.717) is 11.8 Å². The number of benzene rings is 1. The van der Waals surface area contributed by atoms with Crippen molar-refractivity contribution in [3.05, 3.63) is 53.1 Å². The molecule has 1 rings (SSSR count). The van der Waals surface area contributed by atoms with E-state index in [2.05, 4.69) is 74.5 Å². The molecule has 0 saturated heterocycles. The molecule has 0 amide bonds. The molecule has 0 fully saturated rings. The molecule has 4 nitrogen and oxygen atoms in total. The third-order valence-corrected chi connectivity index (χ3v) is 7.07. The molecule has 0 saturated carbocycles. The third-order valence-electron chi connectivity index (χ3n) is 6.20. The van der Waals surface area contributed by atoms with Crippen molar-refractivity contribution < 1.29 is 13.0 Å². The SMILES string of the molecule is CC(C)=CC(C)CCC(C)/C=C(\C)C(C)(N)C(CC(C)(C)C)c1ccc(S(=O)(=O)O)cc1. The maximum absolute atomic E-state index is 11.5. The van der Waals surface area contributed by atoms with E-state index < -0.39 is 15.7 Å². The Bertz CT molecular complexity index is 899. The first-order valence-electron chi connectivity index (χ1n) is 11.6. The second kappa shape index (κ2) is 11.1. The summed E-state index contributed by atoms with van der Waals surface area (Å²) in [6.07, 6.45) is 7.72. The molecule has 0 aromatic heterocycles. The van der Waals surface area contributed by atoms with Gasteiger partial charge in [0.25, 0.3) is 10.1 Å². The highest BCUT2D eigenvalue weighted by Crippen LogP contribution is 2.41. The molecule has 5 heteroatoms. The number of rotatable bonds is 10. The van der Waals surface area contributed by atoms with Crippen molar-refractivity contribution in [2.24, 2.45) is 23.0 Å². The summed E-state index contributed by atoms with van der Waals surface area (Å²) < 4.78 is 32.2. The minimum Gasteiger partial charge on any atom is -0.321 e. The molecule has 0 spiro atoms. The summed E-state index contributed by atoms with van der Waals surface area (Å²) in [4.78, 5) is -0.0964. The third kappa shape index (κ3) is 9.21. The molecule has 1 aromatic rings. The van der Waals surface area contributed by atoms with E-state index in [-0.39, 0.29) is 16.2 Å². The maximum atomic E-state index is 11.5. The van der Waals surface area contributed by atoms with E-state index in [1.54, 1.807) is 12.1 Å². The van der Waals surface area contributed by atoms with Crippen molar-refractivity contribution in [1.82, 2.24) is 0 Å². The molecule has 0 aliphatic heterocycles. The summed E-state index contributed by atoms with van der Waals surface area (Å²) in [6.45, 7) is 19.5. The molecule has 4 unspecified atom stereocenters. The Morgan fingerprint density at radius 1 is 0.969 bits per heavy atom. The summed E-state index contributed by atoms with van der Waals surface area (Å²) in [7, 11) is -4.22.